The van der Waals surface area contributed by atoms with Crippen LogP contribution in [0.25, 0.3) is 0 Å². The van der Waals surface area contributed by atoms with Crippen molar-refractivity contribution in [1.82, 2.24) is 5.32 Å². The Hall–Kier alpha value is -2.45. The number of amides is 1. The number of hydrogen-bond acceptors (Lipinski definition) is 4. The molecule has 1 amide bonds. The zero-order chi connectivity index (χ0) is 16.2. The Morgan fingerprint density at radius 3 is 2.48 bits per heavy atom. The summed E-state index contributed by atoms with van der Waals surface area (Å²) in [4.78, 5) is 21.6. The lowest BCUT2D eigenvalue weighted by Gasteiger charge is -2.12. The number of nitrogens with two attached hydrogens (primary N) is 1. The Kier molecular flexibility index (Phi) is 5.01. The third kappa shape index (κ3) is 4.26. The van der Waals surface area contributed by atoms with Crippen LogP contribution in [0.3, 0.4) is 0 Å². The second-order valence-electron chi connectivity index (χ2n) is 4.07. The highest BCUT2D eigenvalue weighted by Crippen LogP contribution is 2.27. The van der Waals surface area contributed by atoms with E-state index < -0.39 is 18.1 Å². The number of alkyl halides is 3. The molecule has 0 saturated carbocycles. The largest absolute Gasteiger partial charge is 0.495 e. The minimum absolute atomic E-state index is 0.00125. The van der Waals surface area contributed by atoms with Crippen molar-refractivity contribution < 1.29 is 32.6 Å². The molecule has 0 fully saturated rings. The maximum absolute atomic E-state index is 12.0. The number of benzene rings is 1. The summed E-state index contributed by atoms with van der Waals surface area (Å²) in [6.07, 6.45) is -4.95. The van der Waals surface area contributed by atoms with Crippen LogP contribution >= 0.6 is 0 Å². The Bertz CT molecular complexity index is 558. The summed E-state index contributed by atoms with van der Waals surface area (Å²) in [6.45, 7) is -0.301. The molecule has 4 N–H and O–H groups in total. The number of aromatic carboxylic acids is 1. The lowest BCUT2D eigenvalue weighted by molar-refractivity contribution is -0.173. The van der Waals surface area contributed by atoms with Gasteiger partial charge in [0.2, 0.25) is 0 Å². The Balaban J connectivity index is 2.83. The minimum atomic E-state index is -4.95. The lowest BCUT2D eigenvalue weighted by Crippen LogP contribution is -2.37. The highest BCUT2D eigenvalue weighted by molar-refractivity contribution is 5.95. The van der Waals surface area contributed by atoms with E-state index in [0.717, 1.165) is 0 Å². The van der Waals surface area contributed by atoms with Crippen molar-refractivity contribution in [2.75, 3.05) is 19.4 Å². The first kappa shape index (κ1) is 16.6. The number of methoxy groups -OCH3 is 1. The number of ether oxygens (including phenoxy) is 1. The van der Waals surface area contributed by atoms with Gasteiger partial charge in [-0.25, -0.2) is 4.79 Å². The van der Waals surface area contributed by atoms with Gasteiger partial charge in [-0.05, 0) is 24.1 Å². The molecular weight excluding hydrogens is 293 g/mol. The first-order chi connectivity index (χ1) is 9.66. The molecule has 0 aliphatic heterocycles. The van der Waals surface area contributed by atoms with E-state index in [1.165, 1.54) is 19.2 Å². The SMILES string of the molecule is COc1cc(CCNC(=O)C(F)(F)F)cc(C(=O)O)c1N. The van der Waals surface area contributed by atoms with Crippen LogP contribution in [0.4, 0.5) is 18.9 Å². The summed E-state index contributed by atoms with van der Waals surface area (Å²) >= 11 is 0. The van der Waals surface area contributed by atoms with Crippen LogP contribution in [-0.4, -0.2) is 36.8 Å². The van der Waals surface area contributed by atoms with Gasteiger partial charge in [-0.3, -0.25) is 4.79 Å². The summed E-state index contributed by atoms with van der Waals surface area (Å²) in [5.74, 6) is -3.23. The minimum Gasteiger partial charge on any atom is -0.495 e. The smallest absolute Gasteiger partial charge is 0.471 e. The number of carboxylic acid groups (broad SMARTS) is 1. The zero-order valence-electron chi connectivity index (χ0n) is 11.0. The number of nitrogens with one attached hydrogen (secondary N) is 1. The monoisotopic (exact) mass is 306 g/mol. The van der Waals surface area contributed by atoms with Crippen LogP contribution < -0.4 is 15.8 Å². The van der Waals surface area contributed by atoms with Gasteiger partial charge in [0.1, 0.15) is 5.75 Å². The van der Waals surface area contributed by atoms with E-state index in [0.29, 0.717) is 5.56 Å². The average Bonchev–Trinajstić information content (AvgIpc) is 2.38. The molecule has 0 saturated heterocycles. The maximum atomic E-state index is 12.0. The molecule has 0 atom stereocenters. The molecule has 116 valence electrons. The molecule has 0 aliphatic carbocycles. The molecule has 0 spiro atoms. The van der Waals surface area contributed by atoms with Gasteiger partial charge < -0.3 is 20.9 Å². The van der Waals surface area contributed by atoms with Gasteiger partial charge in [0.15, 0.2) is 0 Å². The molecule has 1 rings (SSSR count). The summed E-state index contributed by atoms with van der Waals surface area (Å²) in [5, 5.41) is 10.7. The standard InChI is InChI=1S/C12H13F3N2O4/c1-21-8-5-6(4-7(9(8)16)10(18)19)2-3-17-11(20)12(13,14)15/h4-5H,2-3,16H2,1H3,(H,17,20)(H,18,19). The zero-order valence-corrected chi connectivity index (χ0v) is 11.0. The first-order valence-corrected chi connectivity index (χ1v) is 5.71. The fourth-order valence-electron chi connectivity index (χ4n) is 1.59. The first-order valence-electron chi connectivity index (χ1n) is 5.71. The van der Waals surface area contributed by atoms with Gasteiger partial charge >= 0.3 is 18.1 Å². The van der Waals surface area contributed by atoms with E-state index in [9.17, 15) is 22.8 Å². The summed E-state index contributed by atoms with van der Waals surface area (Å²) in [7, 11) is 1.28. The van der Waals surface area contributed by atoms with E-state index in [2.05, 4.69) is 0 Å². The van der Waals surface area contributed by atoms with Gasteiger partial charge in [-0.1, -0.05) is 0 Å². The van der Waals surface area contributed by atoms with Gasteiger partial charge in [0.05, 0.1) is 18.4 Å². The molecule has 1 aromatic carbocycles. The third-order valence-corrected chi connectivity index (χ3v) is 2.61. The van der Waals surface area contributed by atoms with E-state index in [-0.39, 0.29) is 30.0 Å². The van der Waals surface area contributed by atoms with Crippen LogP contribution in [0.15, 0.2) is 12.1 Å². The molecule has 6 nitrogen and oxygen atoms in total. The fourth-order valence-corrected chi connectivity index (χ4v) is 1.59. The summed E-state index contributed by atoms with van der Waals surface area (Å²) in [6, 6.07) is 2.63. The number of hydrogen-bond donors (Lipinski definition) is 3. The number of anilines is 1. The predicted octanol–water partition coefficient (Wildman–Crippen LogP) is 1.20. The highest BCUT2D eigenvalue weighted by atomic mass is 19.4. The van der Waals surface area contributed by atoms with Gasteiger partial charge in [0, 0.05) is 6.54 Å². The normalized spacial score (nSPS) is 11.0. The molecular formula is C12H13F3N2O4. The molecule has 0 heterocycles. The van der Waals surface area contributed by atoms with Crippen LogP contribution in [-0.2, 0) is 11.2 Å². The highest BCUT2D eigenvalue weighted by Gasteiger charge is 2.38. The van der Waals surface area contributed by atoms with Gasteiger partial charge in [-0.2, -0.15) is 13.2 Å². The van der Waals surface area contributed by atoms with Crippen molar-refractivity contribution in [2.45, 2.75) is 12.6 Å². The van der Waals surface area contributed by atoms with Crippen molar-refractivity contribution in [3.63, 3.8) is 0 Å². The number of carbonyl (C=O) groups is 2. The van der Waals surface area contributed by atoms with Crippen LogP contribution in [0.2, 0.25) is 0 Å². The number of carboxylic acids is 1. The molecule has 1 aromatic rings. The summed E-state index contributed by atoms with van der Waals surface area (Å²) in [5.41, 5.74) is 5.66. The molecule has 21 heavy (non-hydrogen) atoms. The van der Waals surface area contributed by atoms with Gasteiger partial charge in [0.25, 0.3) is 0 Å². The molecule has 0 aromatic heterocycles. The Morgan fingerprint density at radius 1 is 1.38 bits per heavy atom. The van der Waals surface area contributed by atoms with E-state index in [1.54, 1.807) is 5.32 Å². The summed E-state index contributed by atoms with van der Waals surface area (Å²) < 4.78 is 40.9. The Morgan fingerprint density at radius 2 is 2.00 bits per heavy atom. The maximum Gasteiger partial charge on any atom is 0.471 e. The number of rotatable bonds is 5. The molecule has 9 heteroatoms. The van der Waals surface area contributed by atoms with E-state index >= 15 is 0 Å². The number of nitrogen functional groups attached to an aromatic ring is 1. The third-order valence-electron chi connectivity index (χ3n) is 2.61. The molecule has 0 aliphatic rings. The van der Waals surface area contributed by atoms with Crippen molar-refractivity contribution in [3.05, 3.63) is 23.3 Å². The fraction of sp³-hybridized carbons (Fsp3) is 0.333. The van der Waals surface area contributed by atoms with E-state index in [1.807, 2.05) is 0 Å². The quantitative estimate of drug-likeness (QED) is 0.709. The average molecular weight is 306 g/mol. The lowest BCUT2D eigenvalue weighted by atomic mass is 10.1. The van der Waals surface area contributed by atoms with Crippen molar-refractivity contribution in [2.24, 2.45) is 0 Å². The van der Waals surface area contributed by atoms with Gasteiger partial charge in [-0.15, -0.1) is 0 Å². The van der Waals surface area contributed by atoms with E-state index in [4.69, 9.17) is 15.6 Å². The number of carbonyl (C=O) groups excluding carboxylic acids is 1. The second-order valence-corrected chi connectivity index (χ2v) is 4.07. The topological polar surface area (TPSA) is 102 Å². The molecule has 0 radical (unpaired) electrons. The van der Waals surface area contributed by atoms with Crippen molar-refractivity contribution in [1.29, 1.82) is 0 Å². The molecule has 0 bridgehead atoms. The number of halogens is 3. The van der Waals surface area contributed by atoms with Crippen LogP contribution in [0, 0.1) is 0 Å². The van der Waals surface area contributed by atoms with Crippen molar-refractivity contribution in [3.8, 4) is 5.75 Å². The van der Waals surface area contributed by atoms with Crippen LogP contribution in [0.1, 0.15) is 15.9 Å². The van der Waals surface area contributed by atoms with Crippen molar-refractivity contribution >= 4 is 17.6 Å². The predicted molar refractivity (Wildman–Crippen MR) is 67.1 cm³/mol. The Labute approximate surface area is 117 Å². The molecule has 0 unspecified atom stereocenters. The van der Waals surface area contributed by atoms with Crippen LogP contribution in [0.5, 0.6) is 5.75 Å². The second kappa shape index (κ2) is 6.33.